The number of carbonyl (C=O) groups is 4. The molecular weight excluding hydrogens is 462 g/mol. The number of carbonyl (C=O) groups excluding carboxylic acids is 4. The smallest absolute Gasteiger partial charge is 0.272 e. The van der Waals surface area contributed by atoms with E-state index in [9.17, 15) is 19.2 Å². The quantitative estimate of drug-likeness (QED) is 0.481. The molecule has 2 saturated carbocycles. The van der Waals surface area contributed by atoms with Crippen LogP contribution in [0.3, 0.4) is 0 Å². The fourth-order valence-electron chi connectivity index (χ4n) is 4.62. The van der Waals surface area contributed by atoms with Crippen molar-refractivity contribution in [3.8, 4) is 0 Å². The van der Waals surface area contributed by atoms with E-state index in [4.69, 9.17) is 0 Å². The zero-order valence-corrected chi connectivity index (χ0v) is 20.7. The lowest BCUT2D eigenvalue weighted by molar-refractivity contribution is -0.123. The van der Waals surface area contributed by atoms with E-state index < -0.39 is 0 Å². The molecule has 3 heterocycles. The normalized spacial score (nSPS) is 21.2. The SMILES string of the molecule is O=C(CN1CCN(C(=O)c2cccc(C(=O)N3CCN(CC(=O)NC4CC4)CC3)n2)CC1)NC1CC1. The molecule has 0 spiro atoms. The van der Waals surface area contributed by atoms with Gasteiger partial charge in [-0.3, -0.25) is 29.0 Å². The van der Waals surface area contributed by atoms with Crippen molar-refractivity contribution in [2.45, 2.75) is 37.8 Å². The van der Waals surface area contributed by atoms with Crippen LogP contribution in [0.2, 0.25) is 0 Å². The van der Waals surface area contributed by atoms with E-state index in [0.29, 0.717) is 77.5 Å². The molecule has 194 valence electrons. The molecule has 5 rings (SSSR count). The van der Waals surface area contributed by atoms with Gasteiger partial charge in [0, 0.05) is 64.4 Å². The van der Waals surface area contributed by atoms with Crippen LogP contribution < -0.4 is 10.6 Å². The molecule has 0 bridgehead atoms. The number of hydrogen-bond acceptors (Lipinski definition) is 7. The maximum absolute atomic E-state index is 13.1. The summed E-state index contributed by atoms with van der Waals surface area (Å²) in [5, 5.41) is 5.99. The van der Waals surface area contributed by atoms with E-state index in [-0.39, 0.29) is 35.0 Å². The Morgan fingerprint density at radius 2 is 1.06 bits per heavy atom. The Balaban J connectivity index is 1.09. The summed E-state index contributed by atoms with van der Waals surface area (Å²) in [5.74, 6) is -0.295. The van der Waals surface area contributed by atoms with Gasteiger partial charge in [-0.25, -0.2) is 4.98 Å². The molecule has 2 aliphatic heterocycles. The Labute approximate surface area is 211 Å². The summed E-state index contributed by atoms with van der Waals surface area (Å²) >= 11 is 0. The molecule has 11 heteroatoms. The minimum atomic E-state index is -0.196. The van der Waals surface area contributed by atoms with Crippen molar-refractivity contribution in [2.75, 3.05) is 65.4 Å². The highest BCUT2D eigenvalue weighted by Gasteiger charge is 2.29. The molecule has 4 aliphatic rings. The van der Waals surface area contributed by atoms with Crippen LogP contribution in [0.25, 0.3) is 0 Å². The van der Waals surface area contributed by atoms with Crippen LogP contribution in [0, 0.1) is 0 Å². The number of aromatic nitrogens is 1. The summed E-state index contributed by atoms with van der Waals surface area (Å²) in [5.41, 5.74) is 0.521. The summed E-state index contributed by atoms with van der Waals surface area (Å²) in [6.45, 7) is 5.32. The van der Waals surface area contributed by atoms with Crippen LogP contribution in [-0.2, 0) is 9.59 Å². The first-order valence-corrected chi connectivity index (χ1v) is 13.0. The molecule has 0 radical (unpaired) electrons. The monoisotopic (exact) mass is 497 g/mol. The first kappa shape index (κ1) is 24.6. The van der Waals surface area contributed by atoms with Gasteiger partial charge < -0.3 is 20.4 Å². The molecule has 1 aromatic heterocycles. The number of amides is 4. The lowest BCUT2D eigenvalue weighted by Gasteiger charge is -2.34. The first-order chi connectivity index (χ1) is 17.4. The zero-order chi connectivity index (χ0) is 25.1. The highest BCUT2D eigenvalue weighted by atomic mass is 16.2. The number of rotatable bonds is 8. The molecular formula is C25H35N7O4. The van der Waals surface area contributed by atoms with Crippen molar-refractivity contribution in [1.29, 1.82) is 0 Å². The van der Waals surface area contributed by atoms with Gasteiger partial charge in [0.2, 0.25) is 11.8 Å². The average molecular weight is 498 g/mol. The van der Waals surface area contributed by atoms with E-state index >= 15 is 0 Å². The van der Waals surface area contributed by atoms with E-state index in [0.717, 1.165) is 25.7 Å². The first-order valence-electron chi connectivity index (χ1n) is 13.0. The molecule has 0 atom stereocenters. The molecule has 2 aliphatic carbocycles. The van der Waals surface area contributed by atoms with Crippen molar-refractivity contribution in [3.05, 3.63) is 29.6 Å². The second-order valence-electron chi connectivity index (χ2n) is 10.2. The molecule has 1 aromatic rings. The second kappa shape index (κ2) is 10.9. The second-order valence-corrected chi connectivity index (χ2v) is 10.2. The molecule has 0 aromatic carbocycles. The van der Waals surface area contributed by atoms with Crippen molar-refractivity contribution in [1.82, 2.24) is 35.2 Å². The summed E-state index contributed by atoms with van der Waals surface area (Å²) in [7, 11) is 0. The van der Waals surface area contributed by atoms with Crippen LogP contribution in [0.5, 0.6) is 0 Å². The lowest BCUT2D eigenvalue weighted by Crippen LogP contribution is -2.52. The van der Waals surface area contributed by atoms with Gasteiger partial charge in [0.15, 0.2) is 0 Å². The van der Waals surface area contributed by atoms with E-state index in [1.807, 2.05) is 0 Å². The van der Waals surface area contributed by atoms with Crippen molar-refractivity contribution in [2.24, 2.45) is 0 Å². The molecule has 0 unspecified atom stereocenters. The van der Waals surface area contributed by atoms with E-state index in [1.165, 1.54) is 0 Å². The van der Waals surface area contributed by atoms with Crippen molar-refractivity contribution >= 4 is 23.6 Å². The molecule has 4 fully saturated rings. The van der Waals surface area contributed by atoms with Gasteiger partial charge in [-0.15, -0.1) is 0 Å². The molecule has 4 amide bonds. The Bertz CT molecular complexity index is 919. The third-order valence-electron chi connectivity index (χ3n) is 7.13. The van der Waals surface area contributed by atoms with Gasteiger partial charge in [-0.05, 0) is 37.8 Å². The van der Waals surface area contributed by atoms with Crippen LogP contribution in [0.15, 0.2) is 18.2 Å². The maximum Gasteiger partial charge on any atom is 0.272 e. The number of hydrogen-bond donors (Lipinski definition) is 2. The number of nitrogens with zero attached hydrogens (tertiary/aromatic N) is 5. The van der Waals surface area contributed by atoms with Gasteiger partial charge in [-0.2, -0.15) is 0 Å². The van der Waals surface area contributed by atoms with Gasteiger partial charge in [0.1, 0.15) is 11.4 Å². The topological polar surface area (TPSA) is 118 Å². The standard InChI is InChI=1S/C25H35N7O4/c33-22(26-18-4-5-18)16-29-8-12-31(13-9-29)24(35)20-2-1-3-21(28-20)25(36)32-14-10-30(11-15-32)17-23(34)27-19-6-7-19/h1-3,18-19H,4-17H2,(H,26,33)(H,27,34). The zero-order valence-electron chi connectivity index (χ0n) is 20.7. The Hall–Kier alpha value is -3.05. The molecule has 11 nitrogen and oxygen atoms in total. The fraction of sp³-hybridized carbons (Fsp3) is 0.640. The summed E-state index contributed by atoms with van der Waals surface area (Å²) < 4.78 is 0. The van der Waals surface area contributed by atoms with E-state index in [1.54, 1.807) is 28.0 Å². The lowest BCUT2D eigenvalue weighted by atomic mass is 10.2. The van der Waals surface area contributed by atoms with Crippen LogP contribution in [0.1, 0.15) is 46.7 Å². The highest BCUT2D eigenvalue weighted by Crippen LogP contribution is 2.19. The van der Waals surface area contributed by atoms with Crippen LogP contribution >= 0.6 is 0 Å². The minimum Gasteiger partial charge on any atom is -0.352 e. The third-order valence-corrected chi connectivity index (χ3v) is 7.13. The van der Waals surface area contributed by atoms with Gasteiger partial charge in [0.05, 0.1) is 13.1 Å². The number of piperazine rings is 2. The average Bonchev–Trinajstić information content (AvgIpc) is 3.82. The third kappa shape index (κ3) is 6.58. The number of nitrogens with one attached hydrogen (secondary N) is 2. The van der Waals surface area contributed by atoms with Crippen molar-refractivity contribution in [3.63, 3.8) is 0 Å². The molecule has 2 N–H and O–H groups in total. The van der Waals surface area contributed by atoms with Gasteiger partial charge in [0.25, 0.3) is 11.8 Å². The summed E-state index contributed by atoms with van der Waals surface area (Å²) in [4.78, 5) is 62.2. The largest absolute Gasteiger partial charge is 0.352 e. The van der Waals surface area contributed by atoms with E-state index in [2.05, 4.69) is 25.4 Å². The fourth-order valence-corrected chi connectivity index (χ4v) is 4.62. The van der Waals surface area contributed by atoms with Crippen LogP contribution in [0.4, 0.5) is 0 Å². The highest BCUT2D eigenvalue weighted by molar-refractivity contribution is 5.96. The summed E-state index contributed by atoms with van der Waals surface area (Å²) in [6, 6.07) is 5.69. The van der Waals surface area contributed by atoms with Gasteiger partial charge >= 0.3 is 0 Å². The maximum atomic E-state index is 13.1. The predicted molar refractivity (Wildman–Crippen MR) is 131 cm³/mol. The van der Waals surface area contributed by atoms with Gasteiger partial charge in [-0.1, -0.05) is 6.07 Å². The summed E-state index contributed by atoms with van der Waals surface area (Å²) in [6.07, 6.45) is 4.27. The van der Waals surface area contributed by atoms with Crippen molar-refractivity contribution < 1.29 is 19.2 Å². The molecule has 2 saturated heterocycles. The predicted octanol–water partition coefficient (Wildman–Crippen LogP) is -0.846. The number of pyridine rings is 1. The van der Waals surface area contributed by atoms with Crippen LogP contribution in [-0.4, -0.2) is 126 Å². The Morgan fingerprint density at radius 1 is 0.667 bits per heavy atom. The Morgan fingerprint density at radius 3 is 1.42 bits per heavy atom. The molecule has 36 heavy (non-hydrogen) atoms. The minimum absolute atomic E-state index is 0.0486. The Kier molecular flexibility index (Phi) is 7.47.